The molecular weight excluding hydrogens is 260 g/mol. The highest BCUT2D eigenvalue weighted by Gasteiger charge is 2.36. The van der Waals surface area contributed by atoms with E-state index in [0.29, 0.717) is 12.5 Å². The highest BCUT2D eigenvalue weighted by molar-refractivity contribution is 5.61. The van der Waals surface area contributed by atoms with E-state index in [1.54, 1.807) is 0 Å². The van der Waals surface area contributed by atoms with Crippen molar-refractivity contribution in [3.63, 3.8) is 0 Å². The Morgan fingerprint density at radius 1 is 1.33 bits per heavy atom. The van der Waals surface area contributed by atoms with E-state index in [1.165, 1.54) is 12.1 Å². The van der Waals surface area contributed by atoms with Gasteiger partial charge >= 0.3 is 0 Å². The first kappa shape index (κ1) is 16.2. The number of para-hydroxylation sites is 2. The molecular formula is C18H30N2O. The second-order valence-electron chi connectivity index (χ2n) is 6.32. The Hall–Kier alpha value is -1.22. The van der Waals surface area contributed by atoms with E-state index in [0.717, 1.165) is 38.2 Å². The SMILES string of the molecule is CCC(C)CC(CC)(CN)N1CCCOc2ccccc21. The van der Waals surface area contributed by atoms with Gasteiger partial charge in [0, 0.05) is 13.1 Å². The summed E-state index contributed by atoms with van der Waals surface area (Å²) in [5.74, 6) is 1.69. The maximum atomic E-state index is 6.28. The molecule has 2 N–H and O–H groups in total. The minimum atomic E-state index is 0.0409. The fourth-order valence-corrected chi connectivity index (χ4v) is 3.40. The van der Waals surface area contributed by atoms with Crippen molar-refractivity contribution in [1.82, 2.24) is 0 Å². The molecule has 1 aromatic carbocycles. The van der Waals surface area contributed by atoms with Crippen LogP contribution >= 0.6 is 0 Å². The third-order valence-electron chi connectivity index (χ3n) is 4.98. The Morgan fingerprint density at radius 2 is 2.10 bits per heavy atom. The minimum absolute atomic E-state index is 0.0409. The number of nitrogens with two attached hydrogens (primary N) is 1. The highest BCUT2D eigenvalue weighted by Crippen LogP contribution is 2.39. The number of anilines is 1. The summed E-state index contributed by atoms with van der Waals surface area (Å²) in [6, 6.07) is 8.40. The Balaban J connectivity index is 2.39. The number of ether oxygens (including phenoxy) is 1. The van der Waals surface area contributed by atoms with Gasteiger partial charge in [-0.25, -0.2) is 0 Å². The molecule has 0 fully saturated rings. The maximum absolute atomic E-state index is 6.28. The Labute approximate surface area is 129 Å². The van der Waals surface area contributed by atoms with Gasteiger partial charge in [-0.2, -0.15) is 0 Å². The minimum Gasteiger partial charge on any atom is -0.491 e. The summed E-state index contributed by atoms with van der Waals surface area (Å²) in [5, 5.41) is 0. The van der Waals surface area contributed by atoms with Crippen molar-refractivity contribution in [2.45, 2.75) is 52.0 Å². The van der Waals surface area contributed by atoms with Crippen LogP contribution in [-0.2, 0) is 0 Å². The normalized spacial score (nSPS) is 19.1. The molecule has 0 saturated carbocycles. The van der Waals surface area contributed by atoms with Crippen LogP contribution in [0.15, 0.2) is 24.3 Å². The van der Waals surface area contributed by atoms with Gasteiger partial charge in [-0.15, -0.1) is 0 Å². The van der Waals surface area contributed by atoms with E-state index in [4.69, 9.17) is 10.5 Å². The molecule has 0 spiro atoms. The van der Waals surface area contributed by atoms with Gasteiger partial charge < -0.3 is 15.4 Å². The molecule has 118 valence electrons. The number of benzene rings is 1. The molecule has 0 aliphatic carbocycles. The van der Waals surface area contributed by atoms with Gasteiger partial charge in [-0.3, -0.25) is 0 Å². The van der Waals surface area contributed by atoms with E-state index in [-0.39, 0.29) is 5.54 Å². The topological polar surface area (TPSA) is 38.5 Å². The average molecular weight is 290 g/mol. The van der Waals surface area contributed by atoms with Crippen LogP contribution in [0.3, 0.4) is 0 Å². The summed E-state index contributed by atoms with van der Waals surface area (Å²) in [5.41, 5.74) is 7.53. The summed E-state index contributed by atoms with van der Waals surface area (Å²) in [4.78, 5) is 2.53. The Bertz CT molecular complexity index is 443. The molecule has 1 aliphatic rings. The van der Waals surface area contributed by atoms with E-state index in [9.17, 15) is 0 Å². The van der Waals surface area contributed by atoms with Crippen LogP contribution < -0.4 is 15.4 Å². The molecule has 1 aliphatic heterocycles. The van der Waals surface area contributed by atoms with Crippen LogP contribution in [0.25, 0.3) is 0 Å². The first-order valence-corrected chi connectivity index (χ1v) is 8.36. The summed E-state index contributed by atoms with van der Waals surface area (Å²) < 4.78 is 5.91. The summed E-state index contributed by atoms with van der Waals surface area (Å²) in [6.07, 6.45) is 4.47. The first-order valence-electron chi connectivity index (χ1n) is 8.36. The van der Waals surface area contributed by atoms with Crippen molar-refractivity contribution in [1.29, 1.82) is 0 Å². The molecule has 0 aromatic heterocycles. The standard InChI is InChI=1S/C18H30N2O/c1-4-15(3)13-18(5-2,14-19)20-11-8-12-21-17-10-7-6-9-16(17)20/h6-7,9-10,15H,4-5,8,11-14,19H2,1-3H3. The smallest absolute Gasteiger partial charge is 0.142 e. The van der Waals surface area contributed by atoms with Crippen molar-refractivity contribution < 1.29 is 4.74 Å². The van der Waals surface area contributed by atoms with Crippen molar-refractivity contribution in [2.24, 2.45) is 11.7 Å². The molecule has 1 aromatic rings. The lowest BCUT2D eigenvalue weighted by atomic mass is 9.82. The lowest BCUT2D eigenvalue weighted by Crippen LogP contribution is -2.55. The highest BCUT2D eigenvalue weighted by atomic mass is 16.5. The molecule has 0 saturated heterocycles. The molecule has 0 bridgehead atoms. The van der Waals surface area contributed by atoms with E-state index in [2.05, 4.69) is 43.9 Å². The Morgan fingerprint density at radius 3 is 2.76 bits per heavy atom. The molecule has 3 nitrogen and oxygen atoms in total. The molecule has 21 heavy (non-hydrogen) atoms. The lowest BCUT2D eigenvalue weighted by Gasteiger charge is -2.45. The van der Waals surface area contributed by atoms with Crippen LogP contribution in [0.2, 0.25) is 0 Å². The van der Waals surface area contributed by atoms with Crippen LogP contribution in [0.4, 0.5) is 5.69 Å². The number of hydrogen-bond acceptors (Lipinski definition) is 3. The predicted molar refractivity (Wildman–Crippen MR) is 90.0 cm³/mol. The molecule has 1 heterocycles. The van der Waals surface area contributed by atoms with Crippen molar-refractivity contribution >= 4 is 5.69 Å². The average Bonchev–Trinajstić information content (AvgIpc) is 2.75. The van der Waals surface area contributed by atoms with Crippen molar-refractivity contribution in [3.05, 3.63) is 24.3 Å². The van der Waals surface area contributed by atoms with Gasteiger partial charge in [0.25, 0.3) is 0 Å². The van der Waals surface area contributed by atoms with Crippen molar-refractivity contribution in [3.8, 4) is 5.75 Å². The molecule has 2 unspecified atom stereocenters. The van der Waals surface area contributed by atoms with E-state index >= 15 is 0 Å². The van der Waals surface area contributed by atoms with Gasteiger partial charge in [0.15, 0.2) is 0 Å². The zero-order valence-electron chi connectivity index (χ0n) is 13.8. The second kappa shape index (κ2) is 7.17. The quantitative estimate of drug-likeness (QED) is 0.865. The van der Waals surface area contributed by atoms with Crippen LogP contribution in [0, 0.1) is 5.92 Å². The fraction of sp³-hybridized carbons (Fsp3) is 0.667. The maximum Gasteiger partial charge on any atom is 0.142 e. The fourth-order valence-electron chi connectivity index (χ4n) is 3.40. The van der Waals surface area contributed by atoms with Crippen LogP contribution in [0.5, 0.6) is 5.75 Å². The number of rotatable bonds is 6. The summed E-state index contributed by atoms with van der Waals surface area (Å²) >= 11 is 0. The molecule has 2 rings (SSSR count). The van der Waals surface area contributed by atoms with Gasteiger partial charge in [-0.05, 0) is 37.3 Å². The number of nitrogens with zero attached hydrogens (tertiary/aromatic N) is 1. The summed E-state index contributed by atoms with van der Waals surface area (Å²) in [6.45, 7) is 9.38. The van der Waals surface area contributed by atoms with Crippen molar-refractivity contribution in [2.75, 3.05) is 24.6 Å². The van der Waals surface area contributed by atoms with Gasteiger partial charge in [0.1, 0.15) is 5.75 Å². The largest absolute Gasteiger partial charge is 0.491 e. The van der Waals surface area contributed by atoms with Crippen LogP contribution in [-0.4, -0.2) is 25.2 Å². The van der Waals surface area contributed by atoms with Crippen LogP contribution in [0.1, 0.15) is 46.5 Å². The molecule has 0 amide bonds. The van der Waals surface area contributed by atoms with Gasteiger partial charge in [-0.1, -0.05) is 39.3 Å². The van der Waals surface area contributed by atoms with Gasteiger partial charge in [0.05, 0.1) is 17.8 Å². The third-order valence-corrected chi connectivity index (χ3v) is 4.98. The molecule has 3 heteroatoms. The second-order valence-corrected chi connectivity index (χ2v) is 6.32. The zero-order chi connectivity index (χ0) is 15.3. The molecule has 2 atom stereocenters. The monoisotopic (exact) mass is 290 g/mol. The number of fused-ring (bicyclic) bond motifs is 1. The van der Waals surface area contributed by atoms with E-state index in [1.807, 2.05) is 6.07 Å². The first-order chi connectivity index (χ1) is 10.2. The summed E-state index contributed by atoms with van der Waals surface area (Å²) in [7, 11) is 0. The lowest BCUT2D eigenvalue weighted by molar-refractivity contribution is 0.293. The third kappa shape index (κ3) is 3.34. The van der Waals surface area contributed by atoms with Gasteiger partial charge in [0.2, 0.25) is 0 Å². The zero-order valence-corrected chi connectivity index (χ0v) is 13.8. The van der Waals surface area contributed by atoms with E-state index < -0.39 is 0 Å². The Kier molecular flexibility index (Phi) is 5.51. The number of hydrogen-bond donors (Lipinski definition) is 1. The molecule has 0 radical (unpaired) electrons. The predicted octanol–water partition coefficient (Wildman–Crippen LogP) is 3.82.